The van der Waals surface area contributed by atoms with Gasteiger partial charge in [-0.05, 0) is 45.3 Å². The zero-order valence-corrected chi connectivity index (χ0v) is 18.9. The molecule has 0 fully saturated rings. The van der Waals surface area contributed by atoms with E-state index in [1.54, 1.807) is 25.1 Å². The van der Waals surface area contributed by atoms with Crippen LogP contribution in [0.5, 0.6) is 17.2 Å². The maximum Gasteiger partial charge on any atom is 0.573 e. The summed E-state index contributed by atoms with van der Waals surface area (Å²) in [5.74, 6) is 0.348. The smallest absolute Gasteiger partial charge is 0.482 e. The van der Waals surface area contributed by atoms with E-state index < -0.39 is 18.6 Å². The van der Waals surface area contributed by atoms with Crippen molar-refractivity contribution in [1.29, 1.82) is 0 Å². The van der Waals surface area contributed by atoms with Gasteiger partial charge in [0, 0.05) is 19.2 Å². The van der Waals surface area contributed by atoms with Gasteiger partial charge in [-0.2, -0.15) is 0 Å². The lowest BCUT2D eigenvalue weighted by Gasteiger charge is -2.34. The maximum atomic E-state index is 13.6. The van der Waals surface area contributed by atoms with Crippen LogP contribution in [0, 0.1) is 0 Å². The summed E-state index contributed by atoms with van der Waals surface area (Å²) in [6.07, 6.45) is -6.24. The molecule has 2 heterocycles. The minimum absolute atomic E-state index is 0.311. The van der Waals surface area contributed by atoms with Gasteiger partial charge in [-0.3, -0.25) is 9.69 Å². The van der Waals surface area contributed by atoms with Crippen LogP contribution in [0.2, 0.25) is 0 Å². The molecule has 0 bridgehead atoms. The van der Waals surface area contributed by atoms with Gasteiger partial charge in [-0.1, -0.05) is 23.5 Å². The minimum atomic E-state index is -4.79. The molecular formula is C22H22F3N3O4S. The Hall–Kier alpha value is -3.05. The van der Waals surface area contributed by atoms with Gasteiger partial charge < -0.3 is 19.1 Å². The highest BCUT2D eigenvalue weighted by molar-refractivity contribution is 7.22. The highest BCUT2D eigenvalue weighted by atomic mass is 32.1. The van der Waals surface area contributed by atoms with Crippen LogP contribution >= 0.6 is 11.3 Å². The Bertz CT molecular complexity index is 1150. The number of fused-ring (bicyclic) bond motifs is 2. The molecule has 1 aliphatic rings. The second-order valence-corrected chi connectivity index (χ2v) is 8.78. The fourth-order valence-corrected chi connectivity index (χ4v) is 4.38. The fraction of sp³-hybridized carbons (Fsp3) is 0.364. The maximum absolute atomic E-state index is 13.6. The lowest BCUT2D eigenvalue weighted by molar-refractivity contribution is -0.274. The van der Waals surface area contributed by atoms with Crippen molar-refractivity contribution in [2.24, 2.45) is 0 Å². The summed E-state index contributed by atoms with van der Waals surface area (Å²) >= 11 is 1.11. The molecule has 0 saturated carbocycles. The van der Waals surface area contributed by atoms with E-state index in [4.69, 9.17) is 9.47 Å². The lowest BCUT2D eigenvalue weighted by Crippen LogP contribution is -2.52. The van der Waals surface area contributed by atoms with E-state index >= 15 is 0 Å². The summed E-state index contributed by atoms with van der Waals surface area (Å²) < 4.78 is 54.1. The molecule has 2 aromatic carbocycles. The highest BCUT2D eigenvalue weighted by Crippen LogP contribution is 2.36. The summed E-state index contributed by atoms with van der Waals surface area (Å²) in [6, 6.07) is 11.0. The second-order valence-electron chi connectivity index (χ2n) is 7.78. The van der Waals surface area contributed by atoms with E-state index in [2.05, 4.69) is 9.72 Å². The number of rotatable bonds is 6. The number of nitrogens with zero attached hydrogens (tertiary/aromatic N) is 3. The molecule has 1 amide bonds. The first-order chi connectivity index (χ1) is 15.6. The average Bonchev–Trinajstić information content (AvgIpc) is 3.14. The van der Waals surface area contributed by atoms with Crippen molar-refractivity contribution in [3.8, 4) is 17.2 Å². The summed E-state index contributed by atoms with van der Waals surface area (Å²) in [5.41, 5.74) is 0.464. The van der Waals surface area contributed by atoms with Crippen molar-refractivity contribution in [3.63, 3.8) is 0 Å². The van der Waals surface area contributed by atoms with E-state index in [-0.39, 0.29) is 11.7 Å². The number of benzene rings is 2. The van der Waals surface area contributed by atoms with Crippen LogP contribution in [-0.2, 0) is 4.79 Å². The van der Waals surface area contributed by atoms with Crippen LogP contribution < -0.4 is 19.1 Å². The van der Waals surface area contributed by atoms with Crippen molar-refractivity contribution in [2.45, 2.75) is 25.5 Å². The van der Waals surface area contributed by atoms with Gasteiger partial charge in [0.25, 0.3) is 5.91 Å². The van der Waals surface area contributed by atoms with Gasteiger partial charge in [0.15, 0.2) is 16.6 Å². The first-order valence-corrected chi connectivity index (χ1v) is 11.0. The first kappa shape index (κ1) is 23.1. The van der Waals surface area contributed by atoms with Gasteiger partial charge in [0.2, 0.25) is 6.10 Å². The predicted molar refractivity (Wildman–Crippen MR) is 118 cm³/mol. The van der Waals surface area contributed by atoms with E-state index in [1.165, 1.54) is 23.1 Å². The SMILES string of the molecule is CC1Oc2ccccc2OC1C(=O)N(CCN(C)C)c1nc2ccc(OC(F)(F)F)cc2s1. The number of thiazole rings is 1. The molecule has 1 aliphatic heterocycles. The third kappa shape index (κ3) is 5.31. The summed E-state index contributed by atoms with van der Waals surface area (Å²) in [7, 11) is 3.75. The number of amides is 1. The van der Waals surface area contributed by atoms with Crippen molar-refractivity contribution in [3.05, 3.63) is 42.5 Å². The molecule has 7 nitrogen and oxygen atoms in total. The molecule has 2 unspecified atom stereocenters. The number of hydrogen-bond acceptors (Lipinski definition) is 7. The standard InChI is InChI=1S/C22H22F3N3O4S/c1-13-19(31-17-7-5-4-6-16(17)30-13)20(29)28(11-10-27(2)3)21-26-15-9-8-14(12-18(15)33-21)32-22(23,24)25/h4-9,12-13,19H,10-11H2,1-3H3. The van der Waals surface area contributed by atoms with Crippen molar-refractivity contribution in [2.75, 3.05) is 32.1 Å². The summed E-state index contributed by atoms with van der Waals surface area (Å²) in [6.45, 7) is 2.61. The Morgan fingerprint density at radius 2 is 1.82 bits per heavy atom. The van der Waals surface area contributed by atoms with Gasteiger partial charge in [-0.15, -0.1) is 13.2 Å². The molecular weight excluding hydrogens is 459 g/mol. The van der Waals surface area contributed by atoms with E-state index in [0.717, 1.165) is 11.3 Å². The summed E-state index contributed by atoms with van der Waals surface area (Å²) in [4.78, 5) is 21.5. The molecule has 0 saturated heterocycles. The zero-order chi connectivity index (χ0) is 23.8. The molecule has 0 radical (unpaired) electrons. The Morgan fingerprint density at radius 3 is 2.48 bits per heavy atom. The number of carbonyl (C=O) groups is 1. The number of para-hydroxylation sites is 2. The van der Waals surface area contributed by atoms with E-state index in [1.807, 2.05) is 25.1 Å². The first-order valence-electron chi connectivity index (χ1n) is 10.2. The Morgan fingerprint density at radius 1 is 1.12 bits per heavy atom. The molecule has 0 spiro atoms. The largest absolute Gasteiger partial charge is 0.573 e. The van der Waals surface area contributed by atoms with Crippen LogP contribution in [0.4, 0.5) is 18.3 Å². The minimum Gasteiger partial charge on any atom is -0.482 e. The molecule has 2 atom stereocenters. The van der Waals surface area contributed by atoms with Crippen molar-refractivity contribution < 1.29 is 32.2 Å². The Kier molecular flexibility index (Phi) is 6.35. The third-order valence-electron chi connectivity index (χ3n) is 4.94. The van der Waals surface area contributed by atoms with E-state index in [0.29, 0.717) is 39.9 Å². The monoisotopic (exact) mass is 481 g/mol. The topological polar surface area (TPSA) is 64.1 Å². The number of alkyl halides is 3. The average molecular weight is 481 g/mol. The van der Waals surface area contributed by atoms with E-state index in [9.17, 15) is 18.0 Å². The van der Waals surface area contributed by atoms with Crippen LogP contribution in [-0.4, -0.2) is 61.5 Å². The van der Waals surface area contributed by atoms with Gasteiger partial charge in [0.1, 0.15) is 11.9 Å². The van der Waals surface area contributed by atoms with Crippen LogP contribution in [0.15, 0.2) is 42.5 Å². The van der Waals surface area contributed by atoms with Gasteiger partial charge in [0.05, 0.1) is 10.2 Å². The molecule has 0 aliphatic carbocycles. The van der Waals surface area contributed by atoms with Gasteiger partial charge >= 0.3 is 6.36 Å². The van der Waals surface area contributed by atoms with Crippen LogP contribution in [0.1, 0.15) is 6.92 Å². The number of carbonyl (C=O) groups excluding carboxylic acids is 1. The Balaban J connectivity index is 1.64. The van der Waals surface area contributed by atoms with Gasteiger partial charge in [-0.25, -0.2) is 4.98 Å². The number of aromatic nitrogens is 1. The molecule has 1 aromatic heterocycles. The summed E-state index contributed by atoms with van der Waals surface area (Å²) in [5, 5.41) is 0.357. The number of ether oxygens (including phenoxy) is 3. The predicted octanol–water partition coefficient (Wildman–Crippen LogP) is 4.32. The fourth-order valence-electron chi connectivity index (χ4n) is 3.35. The number of likely N-dealkylation sites (N-methyl/N-ethyl adjacent to an activating group) is 1. The van der Waals surface area contributed by atoms with Crippen molar-refractivity contribution in [1.82, 2.24) is 9.88 Å². The Labute approximate surface area is 192 Å². The molecule has 11 heteroatoms. The normalized spacial score (nSPS) is 17.9. The van der Waals surface area contributed by atoms with Crippen LogP contribution in [0.3, 0.4) is 0 Å². The molecule has 3 aromatic rings. The van der Waals surface area contributed by atoms with Crippen molar-refractivity contribution >= 4 is 32.6 Å². The highest BCUT2D eigenvalue weighted by Gasteiger charge is 2.38. The number of halogens is 3. The lowest BCUT2D eigenvalue weighted by atomic mass is 10.1. The molecule has 4 rings (SSSR count). The zero-order valence-electron chi connectivity index (χ0n) is 18.1. The molecule has 176 valence electrons. The molecule has 33 heavy (non-hydrogen) atoms. The second kappa shape index (κ2) is 9.06. The quantitative estimate of drug-likeness (QED) is 0.523. The number of hydrogen-bond donors (Lipinski definition) is 0. The third-order valence-corrected chi connectivity index (χ3v) is 5.98. The number of anilines is 1. The molecule has 0 N–H and O–H groups in total. The van der Waals surface area contributed by atoms with Crippen LogP contribution in [0.25, 0.3) is 10.2 Å².